The highest BCUT2D eigenvalue weighted by atomic mass is 35.5. The molecule has 0 aromatic carbocycles. The quantitative estimate of drug-likeness (QED) is 0.729. The van der Waals surface area contributed by atoms with Crippen LogP contribution >= 0.6 is 12.4 Å². The van der Waals surface area contributed by atoms with Gasteiger partial charge in [-0.1, -0.05) is 0 Å². The second-order valence-electron chi connectivity index (χ2n) is 5.63. The Bertz CT molecular complexity index is 244. The van der Waals surface area contributed by atoms with Gasteiger partial charge in [0.25, 0.3) is 0 Å². The van der Waals surface area contributed by atoms with Crippen LogP contribution in [-0.4, -0.2) is 16.7 Å². The minimum Gasteiger partial charge on any atom is -0.465 e. The summed E-state index contributed by atoms with van der Waals surface area (Å²) in [5.41, 5.74) is -0.0272. The van der Waals surface area contributed by atoms with E-state index in [1.165, 1.54) is 19.3 Å². The monoisotopic (exact) mass is 231 g/mol. The predicted molar refractivity (Wildman–Crippen MR) is 59.3 cm³/mol. The Morgan fingerprint density at radius 3 is 1.80 bits per heavy atom. The molecule has 4 saturated carbocycles. The van der Waals surface area contributed by atoms with Crippen LogP contribution in [-0.2, 0) is 0 Å². The van der Waals surface area contributed by atoms with Crippen LogP contribution in [0.15, 0.2) is 0 Å². The molecule has 0 aromatic heterocycles. The van der Waals surface area contributed by atoms with Crippen molar-refractivity contribution in [3.63, 3.8) is 0 Å². The number of amides is 1. The molecule has 0 aliphatic heterocycles. The van der Waals surface area contributed by atoms with Gasteiger partial charge in [0, 0.05) is 5.54 Å². The van der Waals surface area contributed by atoms with Crippen LogP contribution in [0.2, 0.25) is 0 Å². The Morgan fingerprint density at radius 1 is 1.07 bits per heavy atom. The molecule has 4 aliphatic rings. The lowest BCUT2D eigenvalue weighted by atomic mass is 9.53. The average Bonchev–Trinajstić information content (AvgIpc) is 1.96. The smallest absolute Gasteiger partial charge is 0.405 e. The van der Waals surface area contributed by atoms with Crippen LogP contribution in [0, 0.1) is 17.8 Å². The molecule has 3 nitrogen and oxygen atoms in total. The summed E-state index contributed by atoms with van der Waals surface area (Å²) in [6, 6.07) is 0. The molecular formula is C11H18ClNO2. The van der Waals surface area contributed by atoms with Crippen LogP contribution in [0.4, 0.5) is 4.79 Å². The summed E-state index contributed by atoms with van der Waals surface area (Å²) >= 11 is 0. The average molecular weight is 232 g/mol. The van der Waals surface area contributed by atoms with Gasteiger partial charge in [0.2, 0.25) is 0 Å². The number of hydrogen-bond donors (Lipinski definition) is 2. The Morgan fingerprint density at radius 2 is 1.47 bits per heavy atom. The van der Waals surface area contributed by atoms with Gasteiger partial charge in [0.1, 0.15) is 0 Å². The fourth-order valence-corrected chi connectivity index (χ4v) is 4.49. The van der Waals surface area contributed by atoms with Crippen LogP contribution in [0.3, 0.4) is 0 Å². The lowest BCUT2D eigenvalue weighted by molar-refractivity contribution is -0.0167. The Balaban J connectivity index is 0.000000853. The van der Waals surface area contributed by atoms with Gasteiger partial charge in [0.15, 0.2) is 0 Å². The van der Waals surface area contributed by atoms with E-state index in [0.29, 0.717) is 0 Å². The lowest BCUT2D eigenvalue weighted by Gasteiger charge is -2.56. The van der Waals surface area contributed by atoms with Crippen molar-refractivity contribution in [1.82, 2.24) is 5.32 Å². The molecule has 86 valence electrons. The highest BCUT2D eigenvalue weighted by Crippen LogP contribution is 2.55. The van der Waals surface area contributed by atoms with Crippen LogP contribution in [0.5, 0.6) is 0 Å². The fourth-order valence-electron chi connectivity index (χ4n) is 4.49. The minimum atomic E-state index is -0.827. The molecule has 15 heavy (non-hydrogen) atoms. The van der Waals surface area contributed by atoms with E-state index in [-0.39, 0.29) is 17.9 Å². The number of carbonyl (C=O) groups is 1. The van der Waals surface area contributed by atoms with E-state index in [9.17, 15) is 4.79 Å². The molecule has 0 heterocycles. The van der Waals surface area contributed by atoms with Gasteiger partial charge in [-0.25, -0.2) is 4.79 Å². The first-order valence-electron chi connectivity index (χ1n) is 5.66. The fraction of sp³-hybridized carbons (Fsp3) is 0.909. The Labute approximate surface area is 96.0 Å². The molecule has 4 heteroatoms. The zero-order valence-corrected chi connectivity index (χ0v) is 9.55. The molecule has 0 radical (unpaired) electrons. The largest absolute Gasteiger partial charge is 0.465 e. The predicted octanol–water partition coefficient (Wildman–Crippen LogP) is 2.64. The van der Waals surface area contributed by atoms with Gasteiger partial charge >= 0.3 is 6.09 Å². The number of carboxylic acid groups (broad SMARTS) is 1. The Kier molecular flexibility index (Phi) is 2.61. The summed E-state index contributed by atoms with van der Waals surface area (Å²) in [6.07, 6.45) is 6.57. The zero-order chi connectivity index (χ0) is 9.76. The molecule has 1 amide bonds. The summed E-state index contributed by atoms with van der Waals surface area (Å²) in [4.78, 5) is 10.8. The van der Waals surface area contributed by atoms with Crippen molar-refractivity contribution in [2.45, 2.75) is 44.1 Å². The van der Waals surface area contributed by atoms with E-state index >= 15 is 0 Å². The first kappa shape index (κ1) is 11.1. The molecule has 2 N–H and O–H groups in total. The highest BCUT2D eigenvalue weighted by molar-refractivity contribution is 5.85. The summed E-state index contributed by atoms with van der Waals surface area (Å²) in [7, 11) is 0. The van der Waals surface area contributed by atoms with Gasteiger partial charge in [0.05, 0.1) is 0 Å². The molecule has 0 saturated heterocycles. The van der Waals surface area contributed by atoms with E-state index in [2.05, 4.69) is 5.32 Å². The molecule has 0 spiro atoms. The molecule has 0 unspecified atom stereocenters. The topological polar surface area (TPSA) is 49.3 Å². The highest BCUT2D eigenvalue weighted by Gasteiger charge is 2.51. The van der Waals surface area contributed by atoms with Crippen molar-refractivity contribution in [2.75, 3.05) is 0 Å². The van der Waals surface area contributed by atoms with Gasteiger partial charge in [-0.2, -0.15) is 0 Å². The third-order valence-corrected chi connectivity index (χ3v) is 4.41. The first-order chi connectivity index (χ1) is 6.65. The number of hydrogen-bond acceptors (Lipinski definition) is 1. The van der Waals surface area contributed by atoms with E-state index in [0.717, 1.165) is 37.0 Å². The third kappa shape index (κ3) is 1.82. The van der Waals surface area contributed by atoms with E-state index in [1.807, 2.05) is 0 Å². The summed E-state index contributed by atoms with van der Waals surface area (Å²) in [6.45, 7) is 0. The lowest BCUT2D eigenvalue weighted by Crippen LogP contribution is -2.59. The molecule has 4 rings (SSSR count). The van der Waals surface area contributed by atoms with Gasteiger partial charge < -0.3 is 10.4 Å². The minimum absolute atomic E-state index is 0. The van der Waals surface area contributed by atoms with Crippen molar-refractivity contribution in [3.8, 4) is 0 Å². The molecule has 4 fully saturated rings. The number of nitrogens with one attached hydrogen (secondary N) is 1. The van der Waals surface area contributed by atoms with Crippen LogP contribution in [0.1, 0.15) is 38.5 Å². The van der Waals surface area contributed by atoms with E-state index < -0.39 is 6.09 Å². The summed E-state index contributed by atoms with van der Waals surface area (Å²) in [5.74, 6) is 2.44. The maximum Gasteiger partial charge on any atom is 0.405 e. The SMILES string of the molecule is Cl.O=C(O)NC12CC3CC(CC(C3)C1)C2. The van der Waals surface area contributed by atoms with Crippen molar-refractivity contribution in [1.29, 1.82) is 0 Å². The van der Waals surface area contributed by atoms with E-state index in [4.69, 9.17) is 5.11 Å². The molecule has 4 aliphatic carbocycles. The van der Waals surface area contributed by atoms with Gasteiger partial charge in [-0.3, -0.25) is 0 Å². The molecule has 0 atom stereocenters. The normalized spacial score (nSPS) is 46.0. The first-order valence-corrected chi connectivity index (χ1v) is 5.66. The van der Waals surface area contributed by atoms with Gasteiger partial charge in [-0.05, 0) is 56.3 Å². The number of halogens is 1. The van der Waals surface area contributed by atoms with Crippen molar-refractivity contribution < 1.29 is 9.90 Å². The third-order valence-electron chi connectivity index (χ3n) is 4.41. The zero-order valence-electron chi connectivity index (χ0n) is 8.74. The number of rotatable bonds is 1. The van der Waals surface area contributed by atoms with Crippen LogP contribution in [0.25, 0.3) is 0 Å². The maximum absolute atomic E-state index is 10.8. The Hall–Kier alpha value is -0.440. The molecule has 4 bridgehead atoms. The molecular weight excluding hydrogens is 214 g/mol. The summed E-state index contributed by atoms with van der Waals surface area (Å²) < 4.78 is 0. The standard InChI is InChI=1S/C11H17NO2.ClH/c13-10(14)12-11-4-7-1-8(5-11)3-9(2-7)6-11;/h7-9,12H,1-6H2,(H,13,14);1H. The summed E-state index contributed by atoms with van der Waals surface area (Å²) in [5, 5.41) is 11.7. The molecule has 0 aromatic rings. The van der Waals surface area contributed by atoms with Crippen molar-refractivity contribution in [2.24, 2.45) is 17.8 Å². The van der Waals surface area contributed by atoms with E-state index in [1.54, 1.807) is 0 Å². The van der Waals surface area contributed by atoms with Crippen molar-refractivity contribution >= 4 is 18.5 Å². The van der Waals surface area contributed by atoms with Crippen molar-refractivity contribution in [3.05, 3.63) is 0 Å². The van der Waals surface area contributed by atoms with Crippen LogP contribution < -0.4 is 5.32 Å². The maximum atomic E-state index is 10.8. The second kappa shape index (κ2) is 3.55. The van der Waals surface area contributed by atoms with Gasteiger partial charge in [-0.15, -0.1) is 12.4 Å². The second-order valence-corrected chi connectivity index (χ2v) is 5.63.